The summed E-state index contributed by atoms with van der Waals surface area (Å²) >= 11 is 5.86. The Morgan fingerprint density at radius 1 is 1.08 bits per heavy atom. The lowest BCUT2D eigenvalue weighted by Crippen LogP contribution is -2.36. The number of fused-ring (bicyclic) bond motifs is 1. The van der Waals surface area contributed by atoms with Gasteiger partial charge in [0.2, 0.25) is 0 Å². The van der Waals surface area contributed by atoms with Crippen molar-refractivity contribution >= 4 is 39.9 Å². The first-order valence-corrected chi connectivity index (χ1v) is 8.73. The molecule has 6 nitrogen and oxygen atoms in total. The number of morpholine rings is 1. The first-order chi connectivity index (χ1) is 12.7. The van der Waals surface area contributed by atoms with Crippen LogP contribution in [0.25, 0.3) is 10.9 Å². The number of hydrogen-bond donors (Lipinski definition) is 1. The van der Waals surface area contributed by atoms with E-state index in [0.717, 1.165) is 29.8 Å². The van der Waals surface area contributed by atoms with Gasteiger partial charge in [-0.3, -0.25) is 4.79 Å². The van der Waals surface area contributed by atoms with Crippen LogP contribution in [0.3, 0.4) is 0 Å². The molecule has 132 valence electrons. The molecule has 0 bridgehead atoms. The summed E-state index contributed by atoms with van der Waals surface area (Å²) in [7, 11) is 0. The second-order valence-corrected chi connectivity index (χ2v) is 6.43. The predicted molar refractivity (Wildman–Crippen MR) is 102 cm³/mol. The zero-order chi connectivity index (χ0) is 17.9. The van der Waals surface area contributed by atoms with Crippen LogP contribution in [-0.2, 0) is 4.74 Å². The Morgan fingerprint density at radius 3 is 2.62 bits per heavy atom. The molecule has 4 rings (SSSR count). The number of amides is 1. The van der Waals surface area contributed by atoms with Crippen LogP contribution < -0.4 is 10.2 Å². The molecule has 7 heteroatoms. The summed E-state index contributed by atoms with van der Waals surface area (Å²) in [6.45, 7) is 3.00. The minimum atomic E-state index is -0.191. The standard InChI is InChI=1S/C19H17ClN4O2/c20-14-3-1-13(2-4-14)19(25)23-15-5-6-16-17(11-15)21-12-22-18(16)24-7-9-26-10-8-24/h1-6,11-12H,7-10H2,(H,23,25). The molecule has 3 aromatic rings. The van der Waals surface area contributed by atoms with Crippen molar-refractivity contribution < 1.29 is 9.53 Å². The van der Waals surface area contributed by atoms with Crippen LogP contribution in [0.2, 0.25) is 5.02 Å². The second kappa shape index (κ2) is 7.27. The maximum atomic E-state index is 12.4. The van der Waals surface area contributed by atoms with E-state index in [4.69, 9.17) is 16.3 Å². The van der Waals surface area contributed by atoms with Crippen molar-refractivity contribution in [2.45, 2.75) is 0 Å². The van der Waals surface area contributed by atoms with Gasteiger partial charge in [0.05, 0.1) is 18.7 Å². The fourth-order valence-corrected chi connectivity index (χ4v) is 3.08. The van der Waals surface area contributed by atoms with E-state index in [9.17, 15) is 4.79 Å². The van der Waals surface area contributed by atoms with E-state index >= 15 is 0 Å². The molecule has 1 amide bonds. The molecule has 0 radical (unpaired) electrons. The summed E-state index contributed by atoms with van der Waals surface area (Å²) in [5.74, 6) is 0.706. The second-order valence-electron chi connectivity index (χ2n) is 5.99. The summed E-state index contributed by atoms with van der Waals surface area (Å²) in [4.78, 5) is 23.3. The van der Waals surface area contributed by atoms with Gasteiger partial charge in [0.1, 0.15) is 12.1 Å². The van der Waals surface area contributed by atoms with Gasteiger partial charge in [0.25, 0.3) is 5.91 Å². The third-order valence-electron chi connectivity index (χ3n) is 4.29. The first kappa shape index (κ1) is 16.8. The van der Waals surface area contributed by atoms with Crippen LogP contribution in [0, 0.1) is 0 Å². The average Bonchev–Trinajstić information content (AvgIpc) is 2.68. The average molecular weight is 369 g/mol. The molecule has 0 aliphatic carbocycles. The maximum absolute atomic E-state index is 12.4. The lowest BCUT2D eigenvalue weighted by molar-refractivity contribution is 0.102. The highest BCUT2D eigenvalue weighted by atomic mass is 35.5. The van der Waals surface area contributed by atoms with E-state index in [1.54, 1.807) is 30.6 Å². The van der Waals surface area contributed by atoms with Crippen LogP contribution in [0.5, 0.6) is 0 Å². The summed E-state index contributed by atoms with van der Waals surface area (Å²) in [6.07, 6.45) is 1.55. The molecule has 1 fully saturated rings. The summed E-state index contributed by atoms with van der Waals surface area (Å²) in [5.41, 5.74) is 2.02. The van der Waals surface area contributed by atoms with E-state index in [2.05, 4.69) is 20.2 Å². The highest BCUT2D eigenvalue weighted by molar-refractivity contribution is 6.30. The number of anilines is 2. The van der Waals surface area contributed by atoms with Crippen molar-refractivity contribution in [3.05, 3.63) is 59.4 Å². The van der Waals surface area contributed by atoms with E-state index in [0.29, 0.717) is 29.5 Å². The van der Waals surface area contributed by atoms with Gasteiger partial charge < -0.3 is 15.0 Å². The van der Waals surface area contributed by atoms with E-state index in [1.807, 2.05) is 18.2 Å². The van der Waals surface area contributed by atoms with Gasteiger partial charge in [-0.05, 0) is 42.5 Å². The predicted octanol–water partition coefficient (Wildman–Crippen LogP) is 3.37. The van der Waals surface area contributed by atoms with E-state index < -0.39 is 0 Å². The lowest BCUT2D eigenvalue weighted by atomic mass is 10.1. The summed E-state index contributed by atoms with van der Waals surface area (Å²) in [5, 5.41) is 4.45. The van der Waals surface area contributed by atoms with Crippen molar-refractivity contribution in [3.63, 3.8) is 0 Å². The van der Waals surface area contributed by atoms with Crippen molar-refractivity contribution in [3.8, 4) is 0 Å². The van der Waals surface area contributed by atoms with Crippen LogP contribution in [0.1, 0.15) is 10.4 Å². The fraction of sp³-hybridized carbons (Fsp3) is 0.211. The minimum absolute atomic E-state index is 0.191. The van der Waals surface area contributed by atoms with Gasteiger partial charge in [-0.2, -0.15) is 0 Å². The smallest absolute Gasteiger partial charge is 0.255 e. The highest BCUT2D eigenvalue weighted by Crippen LogP contribution is 2.26. The molecule has 0 saturated carbocycles. The van der Waals surface area contributed by atoms with Crippen molar-refractivity contribution in [1.29, 1.82) is 0 Å². The molecule has 26 heavy (non-hydrogen) atoms. The van der Waals surface area contributed by atoms with Crippen molar-refractivity contribution in [1.82, 2.24) is 9.97 Å². The first-order valence-electron chi connectivity index (χ1n) is 8.35. The van der Waals surface area contributed by atoms with Crippen LogP contribution in [0.15, 0.2) is 48.8 Å². The zero-order valence-corrected chi connectivity index (χ0v) is 14.7. The summed E-state index contributed by atoms with van der Waals surface area (Å²) < 4.78 is 5.40. The number of nitrogens with one attached hydrogen (secondary N) is 1. The Bertz CT molecular complexity index is 940. The van der Waals surface area contributed by atoms with Gasteiger partial charge in [0, 0.05) is 34.7 Å². The van der Waals surface area contributed by atoms with Crippen molar-refractivity contribution in [2.24, 2.45) is 0 Å². The number of benzene rings is 2. The molecule has 1 aliphatic heterocycles. The Labute approximate surface area is 155 Å². The van der Waals surface area contributed by atoms with E-state index in [-0.39, 0.29) is 5.91 Å². The third kappa shape index (κ3) is 3.47. The molecule has 0 spiro atoms. The molecule has 1 aromatic heterocycles. The molecule has 0 unspecified atom stereocenters. The number of aromatic nitrogens is 2. The molecule has 1 N–H and O–H groups in total. The Kier molecular flexibility index (Phi) is 4.69. The zero-order valence-electron chi connectivity index (χ0n) is 14.0. The monoisotopic (exact) mass is 368 g/mol. The Balaban J connectivity index is 1.59. The van der Waals surface area contributed by atoms with Gasteiger partial charge in [-0.25, -0.2) is 9.97 Å². The normalized spacial score (nSPS) is 14.4. The largest absolute Gasteiger partial charge is 0.378 e. The molecular formula is C19H17ClN4O2. The number of halogens is 1. The topological polar surface area (TPSA) is 67.4 Å². The number of rotatable bonds is 3. The number of carbonyl (C=O) groups excluding carboxylic acids is 1. The highest BCUT2D eigenvalue weighted by Gasteiger charge is 2.16. The third-order valence-corrected chi connectivity index (χ3v) is 4.54. The summed E-state index contributed by atoms with van der Waals surface area (Å²) in [6, 6.07) is 12.4. The van der Waals surface area contributed by atoms with Crippen LogP contribution in [-0.4, -0.2) is 42.2 Å². The maximum Gasteiger partial charge on any atom is 0.255 e. The lowest BCUT2D eigenvalue weighted by Gasteiger charge is -2.28. The van der Waals surface area contributed by atoms with Crippen molar-refractivity contribution in [2.75, 3.05) is 36.5 Å². The van der Waals surface area contributed by atoms with Gasteiger partial charge in [-0.1, -0.05) is 11.6 Å². The number of nitrogens with zero attached hydrogens (tertiary/aromatic N) is 3. The molecule has 2 aromatic carbocycles. The molecular weight excluding hydrogens is 352 g/mol. The molecule has 2 heterocycles. The van der Waals surface area contributed by atoms with Gasteiger partial charge in [-0.15, -0.1) is 0 Å². The SMILES string of the molecule is O=C(Nc1ccc2c(N3CCOCC3)ncnc2c1)c1ccc(Cl)cc1. The Morgan fingerprint density at radius 2 is 1.85 bits per heavy atom. The quantitative estimate of drug-likeness (QED) is 0.767. The minimum Gasteiger partial charge on any atom is -0.378 e. The molecule has 1 saturated heterocycles. The van der Waals surface area contributed by atoms with Crippen LogP contribution in [0.4, 0.5) is 11.5 Å². The fourth-order valence-electron chi connectivity index (χ4n) is 2.95. The van der Waals surface area contributed by atoms with Crippen LogP contribution >= 0.6 is 11.6 Å². The van der Waals surface area contributed by atoms with E-state index in [1.165, 1.54) is 0 Å². The number of carbonyl (C=O) groups is 1. The molecule has 1 aliphatic rings. The van der Waals surface area contributed by atoms with Gasteiger partial charge >= 0.3 is 0 Å². The Hall–Kier alpha value is -2.70. The molecule has 0 atom stereocenters. The number of hydrogen-bond acceptors (Lipinski definition) is 5. The number of ether oxygens (including phenoxy) is 1. The van der Waals surface area contributed by atoms with Gasteiger partial charge in [0.15, 0.2) is 0 Å².